The summed E-state index contributed by atoms with van der Waals surface area (Å²) >= 11 is 0. The summed E-state index contributed by atoms with van der Waals surface area (Å²) in [5.41, 5.74) is 0.268. The number of nitrogens with one attached hydrogen (secondary N) is 1. The highest BCUT2D eigenvalue weighted by molar-refractivity contribution is 6.03. The zero-order valence-electron chi connectivity index (χ0n) is 17.3. The van der Waals surface area contributed by atoms with Gasteiger partial charge in [0.1, 0.15) is 17.3 Å². The van der Waals surface area contributed by atoms with Crippen LogP contribution in [0, 0.1) is 12.7 Å². The number of hydrogen-bond acceptors (Lipinski definition) is 6. The molecular weight excluding hydrogens is 418 g/mol. The van der Waals surface area contributed by atoms with Gasteiger partial charge >= 0.3 is 0 Å². The molecule has 3 rings (SSSR count). The van der Waals surface area contributed by atoms with Crippen LogP contribution in [0.25, 0.3) is 0 Å². The quantitative estimate of drug-likeness (QED) is 0.710. The fraction of sp³-hybridized carbons (Fsp3) is 0.400. The van der Waals surface area contributed by atoms with E-state index in [-0.39, 0.29) is 23.0 Å². The number of amidine groups is 1. The second kappa shape index (κ2) is 7.47. The highest BCUT2D eigenvalue weighted by Gasteiger charge is 2.60. The van der Waals surface area contributed by atoms with Gasteiger partial charge in [-0.25, -0.2) is 27.5 Å². The van der Waals surface area contributed by atoms with Crippen LogP contribution in [-0.4, -0.2) is 40.4 Å². The third-order valence-corrected chi connectivity index (χ3v) is 5.24. The summed E-state index contributed by atoms with van der Waals surface area (Å²) in [7, 11) is 1.39. The van der Waals surface area contributed by atoms with Crippen LogP contribution >= 0.6 is 0 Å². The number of carbonyl (C=O) groups excluding carboxylic acids is 1. The van der Waals surface area contributed by atoms with Crippen LogP contribution in [-0.2, 0) is 5.54 Å². The molecule has 31 heavy (non-hydrogen) atoms. The van der Waals surface area contributed by atoms with E-state index in [0.717, 1.165) is 26.0 Å². The fourth-order valence-electron chi connectivity index (χ4n) is 3.32. The molecule has 2 unspecified atom stereocenters. The van der Waals surface area contributed by atoms with E-state index in [1.807, 2.05) is 0 Å². The monoisotopic (exact) mass is 439 g/mol. The second-order valence-corrected chi connectivity index (χ2v) is 7.64. The Hall–Kier alpha value is -3.24. The van der Waals surface area contributed by atoms with E-state index in [0.29, 0.717) is 0 Å². The van der Waals surface area contributed by atoms with E-state index in [1.165, 1.54) is 26.3 Å². The van der Waals surface area contributed by atoms with Crippen molar-refractivity contribution in [2.75, 3.05) is 12.4 Å². The van der Waals surface area contributed by atoms with E-state index in [1.54, 1.807) is 0 Å². The Morgan fingerprint density at radius 2 is 1.94 bits per heavy atom. The molecule has 166 valence electrons. The minimum atomic E-state index is -3.75. The molecule has 2 aromatic rings. The summed E-state index contributed by atoms with van der Waals surface area (Å²) in [6.07, 6.45) is -0.0183. The van der Waals surface area contributed by atoms with Gasteiger partial charge in [0, 0.05) is 11.3 Å². The summed E-state index contributed by atoms with van der Waals surface area (Å²) in [6, 6.07) is 3.12. The summed E-state index contributed by atoms with van der Waals surface area (Å²) in [4.78, 5) is 24.2. The molecule has 1 amide bonds. The van der Waals surface area contributed by atoms with E-state index in [2.05, 4.69) is 20.3 Å². The van der Waals surface area contributed by atoms with E-state index in [4.69, 9.17) is 10.5 Å². The third kappa shape index (κ3) is 3.91. The average Bonchev–Trinajstić information content (AvgIpc) is 2.67. The molecule has 0 saturated heterocycles. The largest absolute Gasteiger partial charge is 0.480 e. The van der Waals surface area contributed by atoms with E-state index >= 15 is 0 Å². The molecule has 1 aromatic carbocycles. The van der Waals surface area contributed by atoms with Crippen molar-refractivity contribution >= 4 is 17.4 Å². The Balaban J connectivity index is 1.99. The van der Waals surface area contributed by atoms with Crippen molar-refractivity contribution < 1.29 is 27.1 Å². The van der Waals surface area contributed by atoms with Gasteiger partial charge in [-0.2, -0.15) is 0 Å². The molecule has 1 aromatic heterocycles. The van der Waals surface area contributed by atoms with Gasteiger partial charge in [-0.15, -0.1) is 0 Å². The molecule has 1 aliphatic rings. The third-order valence-electron chi connectivity index (χ3n) is 5.24. The van der Waals surface area contributed by atoms with Crippen molar-refractivity contribution in [3.8, 4) is 5.88 Å². The first-order chi connectivity index (χ1) is 14.3. The maximum atomic E-state index is 14.9. The number of methoxy groups -OCH3 is 1. The molecule has 0 spiro atoms. The lowest BCUT2D eigenvalue weighted by Crippen LogP contribution is -2.56. The van der Waals surface area contributed by atoms with Crippen LogP contribution in [0.5, 0.6) is 5.88 Å². The van der Waals surface area contributed by atoms with Crippen LogP contribution < -0.4 is 15.8 Å². The van der Waals surface area contributed by atoms with Crippen LogP contribution in [0.2, 0.25) is 0 Å². The summed E-state index contributed by atoms with van der Waals surface area (Å²) < 4.78 is 63.6. The van der Waals surface area contributed by atoms with Crippen LogP contribution in [0.1, 0.15) is 42.0 Å². The van der Waals surface area contributed by atoms with Crippen molar-refractivity contribution in [3.05, 3.63) is 47.2 Å². The molecule has 11 heteroatoms. The molecule has 0 bridgehead atoms. The fourth-order valence-corrected chi connectivity index (χ4v) is 3.32. The van der Waals surface area contributed by atoms with Crippen molar-refractivity contribution in [1.82, 2.24) is 9.97 Å². The molecule has 0 saturated carbocycles. The number of ether oxygens (including phenoxy) is 1. The van der Waals surface area contributed by atoms with Crippen molar-refractivity contribution in [1.29, 1.82) is 0 Å². The predicted molar refractivity (Wildman–Crippen MR) is 106 cm³/mol. The number of aryl methyl sites for hydroxylation is 1. The minimum Gasteiger partial charge on any atom is -0.480 e. The van der Waals surface area contributed by atoms with Gasteiger partial charge in [-0.1, -0.05) is 0 Å². The number of nitrogens with zero attached hydrogens (tertiary/aromatic N) is 3. The zero-order valence-corrected chi connectivity index (χ0v) is 17.3. The number of nitrogens with two attached hydrogens (primary N) is 1. The van der Waals surface area contributed by atoms with Gasteiger partial charge < -0.3 is 15.8 Å². The molecule has 1 aliphatic heterocycles. The van der Waals surface area contributed by atoms with Crippen molar-refractivity contribution in [2.24, 2.45) is 10.7 Å². The lowest BCUT2D eigenvalue weighted by atomic mass is 9.77. The molecule has 0 radical (unpaired) electrons. The molecule has 2 heterocycles. The number of carbonyl (C=O) groups is 1. The first kappa shape index (κ1) is 22.4. The highest BCUT2D eigenvalue weighted by Crippen LogP contribution is 2.50. The first-order valence-corrected chi connectivity index (χ1v) is 9.22. The lowest BCUT2D eigenvalue weighted by Gasteiger charge is -2.42. The van der Waals surface area contributed by atoms with Crippen LogP contribution in [0.4, 0.5) is 23.2 Å². The molecule has 0 aliphatic carbocycles. The Labute approximate surface area is 175 Å². The Bertz CT molecular complexity index is 1070. The number of hydrogen-bond donors (Lipinski definition) is 2. The Morgan fingerprint density at radius 3 is 2.55 bits per heavy atom. The van der Waals surface area contributed by atoms with Gasteiger partial charge in [0.25, 0.3) is 11.8 Å². The van der Waals surface area contributed by atoms with Gasteiger partial charge in [0.15, 0.2) is 11.2 Å². The van der Waals surface area contributed by atoms with Crippen molar-refractivity contribution in [3.63, 3.8) is 0 Å². The number of anilines is 1. The number of aliphatic imine (C=N–C) groups is 1. The SMILES string of the molecule is COc1cnc(C(=O)Nc2ccc(F)c(C3(C)N=C(N)C(C)(F)CC3(F)F)c2)c(C)n1. The smallest absolute Gasteiger partial charge is 0.280 e. The van der Waals surface area contributed by atoms with Gasteiger partial charge in [-0.3, -0.25) is 9.79 Å². The summed E-state index contributed by atoms with van der Waals surface area (Å²) in [6.45, 7) is 3.40. The number of aromatic nitrogens is 2. The average molecular weight is 439 g/mol. The van der Waals surface area contributed by atoms with Gasteiger partial charge in [0.05, 0.1) is 25.4 Å². The normalized spacial score (nSPS) is 25.0. The lowest BCUT2D eigenvalue weighted by molar-refractivity contribution is -0.106. The highest BCUT2D eigenvalue weighted by atomic mass is 19.3. The van der Waals surface area contributed by atoms with Crippen LogP contribution in [0.3, 0.4) is 0 Å². The van der Waals surface area contributed by atoms with Crippen molar-refractivity contribution in [2.45, 2.75) is 44.3 Å². The number of alkyl halides is 3. The molecule has 3 N–H and O–H groups in total. The predicted octanol–water partition coefficient (Wildman–Crippen LogP) is 3.52. The maximum absolute atomic E-state index is 14.9. The van der Waals surface area contributed by atoms with Gasteiger partial charge in [-0.05, 0) is 39.0 Å². The molecule has 0 fully saturated rings. The van der Waals surface area contributed by atoms with Crippen LogP contribution in [0.15, 0.2) is 29.4 Å². The molecular formula is C20H21F4N5O2. The minimum absolute atomic E-state index is 0.0119. The topological polar surface area (TPSA) is 102 Å². The Kier molecular flexibility index (Phi) is 5.41. The van der Waals surface area contributed by atoms with E-state index < -0.39 is 46.7 Å². The Morgan fingerprint density at radius 1 is 1.26 bits per heavy atom. The van der Waals surface area contributed by atoms with Gasteiger partial charge in [0.2, 0.25) is 5.88 Å². The number of benzene rings is 1. The standard InChI is InChI=1S/C20H21F4N5O2/c1-10-15(26-8-14(27-10)31-4)16(30)28-11-5-6-13(21)12(7-11)19(3)20(23,24)9-18(2,22)17(25)29-19/h5-8H,9H2,1-4H3,(H2,25,29)(H,28,30). The summed E-state index contributed by atoms with van der Waals surface area (Å²) in [5, 5.41) is 2.47. The zero-order chi connectivity index (χ0) is 23.2. The summed E-state index contributed by atoms with van der Waals surface area (Å²) in [5.74, 6) is -5.88. The first-order valence-electron chi connectivity index (χ1n) is 9.22. The number of halogens is 4. The number of amides is 1. The second-order valence-electron chi connectivity index (χ2n) is 7.64. The maximum Gasteiger partial charge on any atom is 0.280 e. The van der Waals surface area contributed by atoms with E-state index in [9.17, 15) is 22.4 Å². The molecule has 7 nitrogen and oxygen atoms in total. The number of rotatable bonds is 4. The molecule has 2 atom stereocenters.